The summed E-state index contributed by atoms with van der Waals surface area (Å²) in [4.78, 5) is 2.05. The van der Waals surface area contributed by atoms with Crippen LogP contribution in [0.4, 0.5) is 0 Å². The summed E-state index contributed by atoms with van der Waals surface area (Å²) in [5, 5.41) is 11.8. The van der Waals surface area contributed by atoms with Crippen molar-refractivity contribution in [1.29, 1.82) is 0 Å². The van der Waals surface area contributed by atoms with Gasteiger partial charge >= 0.3 is 0 Å². The number of hydrogen-bond donors (Lipinski definition) is 1. The predicted octanol–water partition coefficient (Wildman–Crippen LogP) is 4.37. The Bertz CT molecular complexity index is 587. The summed E-state index contributed by atoms with van der Waals surface area (Å²) < 4.78 is 0. The third kappa shape index (κ3) is 4.21. The lowest BCUT2D eigenvalue weighted by Crippen LogP contribution is -2.25. The average molecular weight is 324 g/mol. The van der Waals surface area contributed by atoms with E-state index in [0.29, 0.717) is 16.6 Å². The minimum absolute atomic E-state index is 0.0721. The van der Waals surface area contributed by atoms with Crippen LogP contribution in [0.2, 0.25) is 10.0 Å². The van der Waals surface area contributed by atoms with Crippen LogP contribution >= 0.6 is 23.2 Å². The minimum Gasteiger partial charge on any atom is -0.388 e. The maximum Gasteiger partial charge on any atom is 0.0870 e. The SMILES string of the molecule is CN(C)C[C@H](c1ccc(Cl)c(Cl)c1)[C@H](O)c1ccccc1. The summed E-state index contributed by atoms with van der Waals surface area (Å²) in [5.74, 6) is -0.0721. The van der Waals surface area contributed by atoms with Crippen LogP contribution in [0.5, 0.6) is 0 Å². The number of hydrogen-bond acceptors (Lipinski definition) is 2. The smallest absolute Gasteiger partial charge is 0.0870 e. The lowest BCUT2D eigenvalue weighted by molar-refractivity contribution is 0.129. The molecule has 2 rings (SSSR count). The van der Waals surface area contributed by atoms with Gasteiger partial charge in [-0.25, -0.2) is 0 Å². The van der Waals surface area contributed by atoms with Crippen molar-refractivity contribution in [2.75, 3.05) is 20.6 Å². The molecular weight excluding hydrogens is 305 g/mol. The molecular formula is C17H19Cl2NO. The first kappa shape index (κ1) is 16.3. The van der Waals surface area contributed by atoms with Crippen LogP contribution in [0.1, 0.15) is 23.1 Å². The van der Waals surface area contributed by atoms with Gasteiger partial charge in [0, 0.05) is 12.5 Å². The van der Waals surface area contributed by atoms with E-state index in [2.05, 4.69) is 4.90 Å². The molecule has 0 aromatic heterocycles. The summed E-state index contributed by atoms with van der Waals surface area (Å²) >= 11 is 12.1. The number of aliphatic hydroxyl groups is 1. The Labute approximate surface area is 135 Å². The molecule has 0 aliphatic carbocycles. The van der Waals surface area contributed by atoms with Gasteiger partial charge in [-0.15, -0.1) is 0 Å². The van der Waals surface area contributed by atoms with Gasteiger partial charge in [0.2, 0.25) is 0 Å². The van der Waals surface area contributed by atoms with E-state index in [-0.39, 0.29) is 5.92 Å². The molecule has 0 unspecified atom stereocenters. The number of likely N-dealkylation sites (N-methyl/N-ethyl adjacent to an activating group) is 1. The van der Waals surface area contributed by atoms with Gasteiger partial charge in [0.25, 0.3) is 0 Å². The molecule has 0 heterocycles. The fourth-order valence-electron chi connectivity index (χ4n) is 2.41. The van der Waals surface area contributed by atoms with Crippen molar-refractivity contribution in [2.24, 2.45) is 0 Å². The highest BCUT2D eigenvalue weighted by molar-refractivity contribution is 6.42. The van der Waals surface area contributed by atoms with Gasteiger partial charge in [0.05, 0.1) is 16.1 Å². The molecule has 4 heteroatoms. The molecule has 0 bridgehead atoms. The summed E-state index contributed by atoms with van der Waals surface area (Å²) in [6.45, 7) is 0.716. The van der Waals surface area contributed by atoms with E-state index >= 15 is 0 Å². The summed E-state index contributed by atoms with van der Waals surface area (Å²) in [6, 6.07) is 15.2. The minimum atomic E-state index is -0.592. The van der Waals surface area contributed by atoms with Crippen LogP contribution in [0.15, 0.2) is 48.5 Å². The Morgan fingerprint density at radius 1 is 0.952 bits per heavy atom. The molecule has 0 fully saturated rings. The highest BCUT2D eigenvalue weighted by Gasteiger charge is 2.24. The standard InChI is InChI=1S/C17H19Cl2NO/c1-20(2)11-14(13-8-9-15(18)16(19)10-13)17(21)12-6-4-3-5-7-12/h3-10,14,17,21H,11H2,1-2H3/t14-,17-/m1/s1. The van der Waals surface area contributed by atoms with E-state index in [0.717, 1.165) is 11.1 Å². The third-order valence-electron chi connectivity index (χ3n) is 3.46. The quantitative estimate of drug-likeness (QED) is 0.883. The maximum atomic E-state index is 10.7. The Kier molecular flexibility index (Phi) is 5.65. The second kappa shape index (κ2) is 7.28. The van der Waals surface area contributed by atoms with E-state index in [1.807, 2.05) is 56.6 Å². The number of halogens is 2. The molecule has 2 nitrogen and oxygen atoms in total. The first-order valence-electron chi connectivity index (χ1n) is 6.81. The zero-order valence-corrected chi connectivity index (χ0v) is 13.6. The molecule has 0 radical (unpaired) electrons. The van der Waals surface area contributed by atoms with E-state index in [9.17, 15) is 5.11 Å². The largest absolute Gasteiger partial charge is 0.388 e. The average Bonchev–Trinajstić information content (AvgIpc) is 2.48. The molecule has 2 atom stereocenters. The molecule has 21 heavy (non-hydrogen) atoms. The van der Waals surface area contributed by atoms with Gasteiger partial charge in [-0.3, -0.25) is 0 Å². The van der Waals surface area contributed by atoms with Gasteiger partial charge in [-0.1, -0.05) is 59.6 Å². The van der Waals surface area contributed by atoms with Gasteiger partial charge in [-0.2, -0.15) is 0 Å². The number of benzene rings is 2. The summed E-state index contributed by atoms with van der Waals surface area (Å²) in [7, 11) is 3.98. The molecule has 0 aliphatic heterocycles. The number of rotatable bonds is 5. The number of nitrogens with zero attached hydrogens (tertiary/aromatic N) is 1. The number of aliphatic hydroxyl groups excluding tert-OH is 1. The molecule has 0 aliphatic rings. The fourth-order valence-corrected chi connectivity index (χ4v) is 2.71. The predicted molar refractivity (Wildman–Crippen MR) is 89.2 cm³/mol. The molecule has 0 saturated carbocycles. The lowest BCUT2D eigenvalue weighted by Gasteiger charge is -2.27. The van der Waals surface area contributed by atoms with Gasteiger partial charge < -0.3 is 10.0 Å². The second-order valence-electron chi connectivity index (χ2n) is 5.40. The van der Waals surface area contributed by atoms with Crippen molar-refractivity contribution in [3.63, 3.8) is 0 Å². The molecule has 0 spiro atoms. The summed E-state index contributed by atoms with van der Waals surface area (Å²) in [6.07, 6.45) is -0.592. The van der Waals surface area contributed by atoms with E-state index in [1.54, 1.807) is 6.07 Å². The first-order valence-corrected chi connectivity index (χ1v) is 7.57. The van der Waals surface area contributed by atoms with E-state index in [1.165, 1.54) is 0 Å². The maximum absolute atomic E-state index is 10.7. The van der Waals surface area contributed by atoms with Crippen molar-refractivity contribution in [3.8, 4) is 0 Å². The first-order chi connectivity index (χ1) is 9.99. The van der Waals surface area contributed by atoms with Crippen LogP contribution in [0.3, 0.4) is 0 Å². The molecule has 0 amide bonds. The van der Waals surface area contributed by atoms with E-state index < -0.39 is 6.10 Å². The molecule has 112 valence electrons. The normalized spacial score (nSPS) is 14.2. The Morgan fingerprint density at radius 3 is 2.19 bits per heavy atom. The topological polar surface area (TPSA) is 23.5 Å². The Hall–Kier alpha value is -1.06. The van der Waals surface area contributed by atoms with E-state index in [4.69, 9.17) is 23.2 Å². The molecule has 1 N–H and O–H groups in total. The van der Waals surface area contributed by atoms with Gasteiger partial charge in [0.1, 0.15) is 0 Å². The van der Waals surface area contributed by atoms with Crippen molar-refractivity contribution in [3.05, 3.63) is 69.7 Å². The monoisotopic (exact) mass is 323 g/mol. The van der Waals surface area contributed by atoms with Crippen molar-refractivity contribution in [2.45, 2.75) is 12.0 Å². The van der Waals surface area contributed by atoms with Crippen LogP contribution in [0.25, 0.3) is 0 Å². The third-order valence-corrected chi connectivity index (χ3v) is 4.19. The van der Waals surface area contributed by atoms with Crippen LogP contribution in [-0.2, 0) is 0 Å². The Morgan fingerprint density at radius 2 is 1.62 bits per heavy atom. The van der Waals surface area contributed by atoms with Gasteiger partial charge in [-0.05, 0) is 37.4 Å². The van der Waals surface area contributed by atoms with Crippen LogP contribution in [-0.4, -0.2) is 30.6 Å². The Balaban J connectivity index is 2.35. The van der Waals surface area contributed by atoms with Crippen molar-refractivity contribution in [1.82, 2.24) is 4.90 Å². The van der Waals surface area contributed by atoms with Crippen LogP contribution < -0.4 is 0 Å². The second-order valence-corrected chi connectivity index (χ2v) is 6.21. The van der Waals surface area contributed by atoms with Crippen molar-refractivity contribution >= 4 is 23.2 Å². The molecule has 0 saturated heterocycles. The highest BCUT2D eigenvalue weighted by Crippen LogP contribution is 2.34. The molecule has 2 aromatic rings. The lowest BCUT2D eigenvalue weighted by atomic mass is 9.89. The fraction of sp³-hybridized carbons (Fsp3) is 0.294. The highest BCUT2D eigenvalue weighted by atomic mass is 35.5. The zero-order chi connectivity index (χ0) is 15.4. The zero-order valence-electron chi connectivity index (χ0n) is 12.1. The van der Waals surface area contributed by atoms with Crippen molar-refractivity contribution < 1.29 is 5.11 Å². The summed E-state index contributed by atoms with van der Waals surface area (Å²) in [5.41, 5.74) is 1.88. The van der Waals surface area contributed by atoms with Gasteiger partial charge in [0.15, 0.2) is 0 Å². The molecule has 2 aromatic carbocycles. The van der Waals surface area contributed by atoms with Crippen LogP contribution in [0, 0.1) is 0 Å².